The van der Waals surface area contributed by atoms with Gasteiger partial charge in [0.1, 0.15) is 10.8 Å². The van der Waals surface area contributed by atoms with Crippen LogP contribution in [0.25, 0.3) is 10.7 Å². The van der Waals surface area contributed by atoms with Crippen molar-refractivity contribution >= 4 is 11.3 Å². The van der Waals surface area contributed by atoms with Gasteiger partial charge in [-0.3, -0.25) is 4.98 Å². The van der Waals surface area contributed by atoms with Crippen LogP contribution in [0.3, 0.4) is 0 Å². The van der Waals surface area contributed by atoms with Gasteiger partial charge in [0.2, 0.25) is 0 Å². The lowest BCUT2D eigenvalue weighted by atomic mass is 10.1. The number of nitrogens with one attached hydrogen (secondary N) is 1. The fourth-order valence-corrected chi connectivity index (χ4v) is 2.92. The Bertz CT molecular complexity index is 534. The fourth-order valence-electron chi connectivity index (χ4n) is 1.84. The molecule has 5 heteroatoms. The molecule has 102 valence electrons. The van der Waals surface area contributed by atoms with Gasteiger partial charge in [-0.05, 0) is 31.5 Å². The molecule has 2 aromatic heterocycles. The van der Waals surface area contributed by atoms with E-state index in [1.165, 1.54) is 17.1 Å². The van der Waals surface area contributed by atoms with Gasteiger partial charge in [0.25, 0.3) is 0 Å². The summed E-state index contributed by atoms with van der Waals surface area (Å²) in [6.07, 6.45) is 2.19. The second-order valence-electron chi connectivity index (χ2n) is 4.88. The monoisotopic (exact) mass is 279 g/mol. The molecule has 0 aliphatic carbocycles. The molecule has 3 nitrogen and oxygen atoms in total. The molecule has 19 heavy (non-hydrogen) atoms. The summed E-state index contributed by atoms with van der Waals surface area (Å²) in [6, 6.07) is 3.10. The van der Waals surface area contributed by atoms with Crippen molar-refractivity contribution in [1.29, 1.82) is 0 Å². The third-order valence-corrected chi connectivity index (χ3v) is 3.78. The maximum atomic E-state index is 12.9. The molecule has 2 heterocycles. The molecule has 0 spiro atoms. The van der Waals surface area contributed by atoms with E-state index in [4.69, 9.17) is 0 Å². The van der Waals surface area contributed by atoms with Gasteiger partial charge < -0.3 is 5.32 Å². The van der Waals surface area contributed by atoms with E-state index in [2.05, 4.69) is 29.1 Å². The van der Waals surface area contributed by atoms with Crippen LogP contribution in [-0.2, 0) is 13.0 Å². The second kappa shape index (κ2) is 6.21. The molecule has 1 N–H and O–H groups in total. The van der Waals surface area contributed by atoms with E-state index in [9.17, 15) is 4.39 Å². The molecule has 0 aliphatic rings. The number of hydrogen-bond donors (Lipinski definition) is 1. The molecule has 2 aromatic rings. The van der Waals surface area contributed by atoms with Crippen LogP contribution in [0, 0.1) is 11.7 Å². The van der Waals surface area contributed by atoms with Gasteiger partial charge in [-0.2, -0.15) is 0 Å². The highest BCUT2D eigenvalue weighted by molar-refractivity contribution is 7.15. The quantitative estimate of drug-likeness (QED) is 0.913. The van der Waals surface area contributed by atoms with Gasteiger partial charge in [0.05, 0.1) is 17.6 Å². The van der Waals surface area contributed by atoms with E-state index in [0.717, 1.165) is 29.4 Å². The lowest BCUT2D eigenvalue weighted by molar-refractivity contribution is 0.621. The minimum atomic E-state index is -0.321. The summed E-state index contributed by atoms with van der Waals surface area (Å²) in [4.78, 5) is 9.99. The molecule has 0 radical (unpaired) electrons. The van der Waals surface area contributed by atoms with Gasteiger partial charge in [0, 0.05) is 11.4 Å². The largest absolute Gasteiger partial charge is 0.315 e. The van der Waals surface area contributed by atoms with Crippen molar-refractivity contribution in [3.8, 4) is 10.7 Å². The zero-order chi connectivity index (χ0) is 13.8. The molecule has 0 aromatic carbocycles. The summed E-state index contributed by atoms with van der Waals surface area (Å²) < 4.78 is 12.9. The lowest BCUT2D eigenvalue weighted by Crippen LogP contribution is -2.07. The van der Waals surface area contributed by atoms with Crippen LogP contribution < -0.4 is 5.32 Å². The van der Waals surface area contributed by atoms with Crippen LogP contribution in [0.2, 0.25) is 0 Å². The van der Waals surface area contributed by atoms with Crippen LogP contribution in [-0.4, -0.2) is 17.0 Å². The Hall–Kier alpha value is -1.33. The number of thiazole rings is 1. The maximum Gasteiger partial charge on any atom is 0.142 e. The van der Waals surface area contributed by atoms with Gasteiger partial charge in [-0.25, -0.2) is 9.37 Å². The predicted molar refractivity (Wildman–Crippen MR) is 76.6 cm³/mol. The van der Waals surface area contributed by atoms with Crippen molar-refractivity contribution in [2.24, 2.45) is 5.92 Å². The summed E-state index contributed by atoms with van der Waals surface area (Å²) in [7, 11) is 1.93. The first-order valence-electron chi connectivity index (χ1n) is 6.35. The highest BCUT2D eigenvalue weighted by atomic mass is 32.1. The van der Waals surface area contributed by atoms with Gasteiger partial charge in [-0.15, -0.1) is 11.3 Å². The Morgan fingerprint density at radius 1 is 1.37 bits per heavy atom. The summed E-state index contributed by atoms with van der Waals surface area (Å²) in [5.74, 6) is 0.241. The molecule has 0 aliphatic heterocycles. The number of halogens is 1. The average molecular weight is 279 g/mol. The van der Waals surface area contributed by atoms with Crippen LogP contribution in [0.15, 0.2) is 18.3 Å². The first-order chi connectivity index (χ1) is 9.10. The number of pyridine rings is 1. The van der Waals surface area contributed by atoms with Gasteiger partial charge >= 0.3 is 0 Å². The highest BCUT2D eigenvalue weighted by Gasteiger charge is 2.14. The summed E-state index contributed by atoms with van der Waals surface area (Å²) in [6.45, 7) is 5.16. The van der Waals surface area contributed by atoms with Crippen LogP contribution in [0.4, 0.5) is 4.39 Å². The Kier molecular flexibility index (Phi) is 4.61. The fraction of sp³-hybridized carbons (Fsp3) is 0.429. The normalized spacial score (nSPS) is 11.2. The first-order valence-corrected chi connectivity index (χ1v) is 7.17. The molecule has 0 saturated heterocycles. The van der Waals surface area contributed by atoms with Gasteiger partial charge in [-0.1, -0.05) is 13.8 Å². The number of aromatic nitrogens is 2. The van der Waals surface area contributed by atoms with E-state index in [-0.39, 0.29) is 5.82 Å². The van der Waals surface area contributed by atoms with Crippen molar-refractivity contribution in [2.45, 2.75) is 26.8 Å². The molecule has 0 unspecified atom stereocenters. The molecular formula is C14H18FN3S. The second-order valence-corrected chi connectivity index (χ2v) is 5.96. The number of hydrogen-bond acceptors (Lipinski definition) is 4. The SMILES string of the molecule is CNCc1sc(-c2ccc(F)cn2)nc1CC(C)C. The third kappa shape index (κ3) is 3.58. The highest BCUT2D eigenvalue weighted by Crippen LogP contribution is 2.28. The summed E-state index contributed by atoms with van der Waals surface area (Å²) in [5.41, 5.74) is 1.86. The Morgan fingerprint density at radius 3 is 2.74 bits per heavy atom. The molecule has 0 amide bonds. The predicted octanol–water partition coefficient (Wildman–Crippen LogP) is 3.26. The van der Waals surface area contributed by atoms with E-state index in [0.29, 0.717) is 5.92 Å². The Balaban J connectivity index is 2.33. The topological polar surface area (TPSA) is 37.8 Å². The van der Waals surface area contributed by atoms with Gasteiger partial charge in [0.15, 0.2) is 0 Å². The molecular weight excluding hydrogens is 261 g/mol. The molecule has 0 saturated carbocycles. The molecule has 0 bridgehead atoms. The zero-order valence-corrected chi connectivity index (χ0v) is 12.2. The molecule has 2 rings (SSSR count). The smallest absolute Gasteiger partial charge is 0.142 e. The summed E-state index contributed by atoms with van der Waals surface area (Å²) >= 11 is 1.63. The van der Waals surface area contributed by atoms with Crippen molar-refractivity contribution in [2.75, 3.05) is 7.05 Å². The van der Waals surface area contributed by atoms with Crippen LogP contribution in [0.5, 0.6) is 0 Å². The Morgan fingerprint density at radius 2 is 2.16 bits per heavy atom. The standard InChI is InChI=1S/C14H18FN3S/c1-9(2)6-12-13(8-16-3)19-14(18-12)11-5-4-10(15)7-17-11/h4-5,7,9,16H,6,8H2,1-3H3. The van der Waals surface area contributed by atoms with E-state index in [1.54, 1.807) is 17.4 Å². The van der Waals surface area contributed by atoms with Crippen molar-refractivity contribution in [3.05, 3.63) is 34.7 Å². The average Bonchev–Trinajstić information content (AvgIpc) is 2.73. The summed E-state index contributed by atoms with van der Waals surface area (Å²) in [5, 5.41) is 4.02. The first kappa shape index (κ1) is 14.1. The van der Waals surface area contributed by atoms with Crippen LogP contribution >= 0.6 is 11.3 Å². The zero-order valence-electron chi connectivity index (χ0n) is 11.4. The minimum absolute atomic E-state index is 0.321. The van der Waals surface area contributed by atoms with E-state index >= 15 is 0 Å². The van der Waals surface area contributed by atoms with E-state index < -0.39 is 0 Å². The number of rotatable bonds is 5. The van der Waals surface area contributed by atoms with Crippen molar-refractivity contribution in [1.82, 2.24) is 15.3 Å². The third-order valence-electron chi connectivity index (χ3n) is 2.66. The maximum absolute atomic E-state index is 12.9. The minimum Gasteiger partial charge on any atom is -0.315 e. The van der Waals surface area contributed by atoms with E-state index in [1.807, 2.05) is 7.05 Å². The van der Waals surface area contributed by atoms with Crippen molar-refractivity contribution < 1.29 is 4.39 Å². The lowest BCUT2D eigenvalue weighted by Gasteiger charge is -2.03. The Labute approximate surface area is 116 Å². The van der Waals surface area contributed by atoms with Crippen LogP contribution in [0.1, 0.15) is 24.4 Å². The molecule has 0 atom stereocenters. The van der Waals surface area contributed by atoms with Crippen molar-refractivity contribution in [3.63, 3.8) is 0 Å². The molecule has 0 fully saturated rings. The number of nitrogens with zero attached hydrogens (tertiary/aromatic N) is 2.